The molecule has 3 nitrogen and oxygen atoms in total. The SMILES string of the molecule is N#Cc1cc(F)c(CNCCOC2CCCC2)c(F)c1. The lowest BCUT2D eigenvalue weighted by atomic mass is 10.1. The third kappa shape index (κ3) is 3.99. The minimum absolute atomic E-state index is 0.00619. The number of rotatable bonds is 6. The molecule has 1 aliphatic rings. The summed E-state index contributed by atoms with van der Waals surface area (Å²) in [5.74, 6) is -1.38. The predicted octanol–water partition coefficient (Wildman–Crippen LogP) is 2.89. The van der Waals surface area contributed by atoms with Gasteiger partial charge in [0.1, 0.15) is 11.6 Å². The van der Waals surface area contributed by atoms with Crippen molar-refractivity contribution in [2.45, 2.75) is 38.3 Å². The Hall–Kier alpha value is -1.51. The van der Waals surface area contributed by atoms with Crippen LogP contribution in [0.4, 0.5) is 8.78 Å². The maximum absolute atomic E-state index is 13.6. The van der Waals surface area contributed by atoms with Gasteiger partial charge in [0, 0.05) is 18.7 Å². The van der Waals surface area contributed by atoms with Crippen LogP contribution < -0.4 is 5.32 Å². The Morgan fingerprint density at radius 3 is 2.50 bits per heavy atom. The van der Waals surface area contributed by atoms with Crippen LogP contribution >= 0.6 is 0 Å². The first-order chi connectivity index (χ1) is 9.70. The number of benzene rings is 1. The van der Waals surface area contributed by atoms with Gasteiger partial charge in [-0.2, -0.15) is 5.26 Å². The molecule has 0 unspecified atom stereocenters. The molecule has 0 aliphatic heterocycles. The van der Waals surface area contributed by atoms with Crippen molar-refractivity contribution >= 4 is 0 Å². The second-order valence-electron chi connectivity index (χ2n) is 4.98. The minimum Gasteiger partial charge on any atom is -0.377 e. The molecular weight excluding hydrogens is 262 g/mol. The number of hydrogen-bond acceptors (Lipinski definition) is 3. The van der Waals surface area contributed by atoms with Gasteiger partial charge in [0.15, 0.2) is 0 Å². The van der Waals surface area contributed by atoms with Crippen molar-refractivity contribution in [3.05, 3.63) is 34.9 Å². The zero-order chi connectivity index (χ0) is 14.4. The molecule has 0 saturated heterocycles. The molecule has 1 N–H and O–H groups in total. The van der Waals surface area contributed by atoms with E-state index in [0.29, 0.717) is 19.3 Å². The molecular formula is C15H18F2N2O. The summed E-state index contributed by atoms with van der Waals surface area (Å²) < 4.78 is 32.8. The fourth-order valence-electron chi connectivity index (χ4n) is 2.40. The molecule has 0 heterocycles. The number of nitrogens with zero attached hydrogens (tertiary/aromatic N) is 1. The molecule has 5 heteroatoms. The summed E-state index contributed by atoms with van der Waals surface area (Å²) in [5, 5.41) is 11.6. The summed E-state index contributed by atoms with van der Waals surface area (Å²) in [6.45, 7) is 1.19. The first-order valence-corrected chi connectivity index (χ1v) is 6.91. The second kappa shape index (κ2) is 7.32. The molecule has 1 aliphatic carbocycles. The number of nitriles is 1. The Balaban J connectivity index is 1.75. The lowest BCUT2D eigenvalue weighted by Crippen LogP contribution is -2.23. The molecule has 1 aromatic carbocycles. The molecule has 0 aromatic heterocycles. The third-order valence-electron chi connectivity index (χ3n) is 3.51. The fourth-order valence-corrected chi connectivity index (χ4v) is 2.40. The van der Waals surface area contributed by atoms with Crippen LogP contribution in [0.3, 0.4) is 0 Å². The monoisotopic (exact) mass is 280 g/mol. The first-order valence-electron chi connectivity index (χ1n) is 6.91. The maximum Gasteiger partial charge on any atom is 0.131 e. The summed E-state index contributed by atoms with van der Waals surface area (Å²) in [6, 6.07) is 3.82. The van der Waals surface area contributed by atoms with Gasteiger partial charge < -0.3 is 10.1 Å². The zero-order valence-corrected chi connectivity index (χ0v) is 11.3. The minimum atomic E-state index is -0.689. The zero-order valence-electron chi connectivity index (χ0n) is 11.3. The lowest BCUT2D eigenvalue weighted by Gasteiger charge is -2.12. The highest BCUT2D eigenvalue weighted by Gasteiger charge is 2.15. The summed E-state index contributed by atoms with van der Waals surface area (Å²) in [5.41, 5.74) is -0.0433. The normalized spacial score (nSPS) is 15.4. The smallest absolute Gasteiger partial charge is 0.131 e. The standard InChI is InChI=1S/C15H18F2N2O/c16-14-7-11(9-18)8-15(17)13(14)10-19-5-6-20-12-3-1-2-4-12/h7-8,12,19H,1-6,10H2. The molecule has 20 heavy (non-hydrogen) atoms. The van der Waals surface area contributed by atoms with Crippen LogP contribution in [-0.2, 0) is 11.3 Å². The average molecular weight is 280 g/mol. The van der Waals surface area contributed by atoms with Crippen molar-refractivity contribution < 1.29 is 13.5 Å². The number of hydrogen-bond donors (Lipinski definition) is 1. The Labute approximate surface area is 117 Å². The van der Waals surface area contributed by atoms with Crippen molar-refractivity contribution in [1.82, 2.24) is 5.32 Å². The van der Waals surface area contributed by atoms with Gasteiger partial charge in [0.05, 0.1) is 24.3 Å². The highest BCUT2D eigenvalue weighted by atomic mass is 19.1. The predicted molar refractivity (Wildman–Crippen MR) is 71.0 cm³/mol. The topological polar surface area (TPSA) is 45.0 Å². The Morgan fingerprint density at radius 2 is 1.90 bits per heavy atom. The van der Waals surface area contributed by atoms with E-state index in [2.05, 4.69) is 5.32 Å². The van der Waals surface area contributed by atoms with E-state index >= 15 is 0 Å². The second-order valence-corrected chi connectivity index (χ2v) is 4.98. The first kappa shape index (κ1) is 14.9. The fraction of sp³-hybridized carbons (Fsp3) is 0.533. The molecule has 0 spiro atoms. The maximum atomic E-state index is 13.6. The van der Waals surface area contributed by atoms with Crippen LogP contribution in [0.1, 0.15) is 36.8 Å². The molecule has 108 valence electrons. The quantitative estimate of drug-likeness (QED) is 0.815. The average Bonchev–Trinajstić information content (AvgIpc) is 2.94. The van der Waals surface area contributed by atoms with E-state index < -0.39 is 11.6 Å². The lowest BCUT2D eigenvalue weighted by molar-refractivity contribution is 0.0602. The number of nitrogens with one attached hydrogen (secondary N) is 1. The van der Waals surface area contributed by atoms with Crippen LogP contribution in [0.2, 0.25) is 0 Å². The van der Waals surface area contributed by atoms with E-state index in [9.17, 15) is 8.78 Å². The van der Waals surface area contributed by atoms with Crippen molar-refractivity contribution in [1.29, 1.82) is 5.26 Å². The van der Waals surface area contributed by atoms with E-state index in [0.717, 1.165) is 25.0 Å². The van der Waals surface area contributed by atoms with E-state index in [4.69, 9.17) is 10.00 Å². The van der Waals surface area contributed by atoms with Crippen LogP contribution in [0.25, 0.3) is 0 Å². The van der Waals surface area contributed by atoms with Gasteiger partial charge in [-0.15, -0.1) is 0 Å². The molecule has 0 atom stereocenters. The summed E-state index contributed by atoms with van der Waals surface area (Å²) in [6.07, 6.45) is 5.01. The Kier molecular flexibility index (Phi) is 5.45. The van der Waals surface area contributed by atoms with E-state index in [1.165, 1.54) is 12.8 Å². The highest BCUT2D eigenvalue weighted by Crippen LogP contribution is 2.20. The van der Waals surface area contributed by atoms with Crippen LogP contribution in [0.15, 0.2) is 12.1 Å². The van der Waals surface area contributed by atoms with E-state index in [1.54, 1.807) is 6.07 Å². The van der Waals surface area contributed by atoms with Gasteiger partial charge in [-0.1, -0.05) is 12.8 Å². The largest absolute Gasteiger partial charge is 0.377 e. The van der Waals surface area contributed by atoms with Crippen LogP contribution in [-0.4, -0.2) is 19.3 Å². The molecule has 1 saturated carbocycles. The van der Waals surface area contributed by atoms with E-state index in [-0.39, 0.29) is 17.7 Å². The highest BCUT2D eigenvalue weighted by molar-refractivity contribution is 5.34. The van der Waals surface area contributed by atoms with Gasteiger partial charge in [0.25, 0.3) is 0 Å². The summed E-state index contributed by atoms with van der Waals surface area (Å²) in [4.78, 5) is 0. The Bertz CT molecular complexity index is 470. The summed E-state index contributed by atoms with van der Waals surface area (Å²) >= 11 is 0. The van der Waals surface area contributed by atoms with E-state index in [1.807, 2.05) is 0 Å². The van der Waals surface area contributed by atoms with Gasteiger partial charge in [-0.05, 0) is 25.0 Å². The van der Waals surface area contributed by atoms with Gasteiger partial charge in [-0.25, -0.2) is 8.78 Å². The van der Waals surface area contributed by atoms with Gasteiger partial charge in [0.2, 0.25) is 0 Å². The van der Waals surface area contributed by atoms with Crippen LogP contribution in [0.5, 0.6) is 0 Å². The summed E-state index contributed by atoms with van der Waals surface area (Å²) in [7, 11) is 0. The molecule has 1 fully saturated rings. The molecule has 1 aromatic rings. The van der Waals surface area contributed by atoms with Crippen molar-refractivity contribution in [3.63, 3.8) is 0 Å². The number of ether oxygens (including phenoxy) is 1. The molecule has 0 amide bonds. The van der Waals surface area contributed by atoms with Gasteiger partial charge >= 0.3 is 0 Å². The molecule has 0 bridgehead atoms. The number of halogens is 2. The molecule has 2 rings (SSSR count). The van der Waals surface area contributed by atoms with Crippen LogP contribution in [0, 0.1) is 23.0 Å². The molecule has 0 radical (unpaired) electrons. The van der Waals surface area contributed by atoms with Crippen molar-refractivity contribution in [2.75, 3.05) is 13.2 Å². The Morgan fingerprint density at radius 1 is 1.25 bits per heavy atom. The third-order valence-corrected chi connectivity index (χ3v) is 3.51. The van der Waals surface area contributed by atoms with Crippen molar-refractivity contribution in [3.8, 4) is 6.07 Å². The van der Waals surface area contributed by atoms with Crippen molar-refractivity contribution in [2.24, 2.45) is 0 Å². The van der Waals surface area contributed by atoms with Gasteiger partial charge in [-0.3, -0.25) is 0 Å².